The Hall–Kier alpha value is -2.04. The molecule has 9 nitrogen and oxygen atoms in total. The molecule has 0 unspecified atom stereocenters. The maximum atomic E-state index is 12.0. The molecule has 102 valence electrons. The Balaban J connectivity index is 2.05. The fraction of sp³-hybridized carbons (Fsp3) is 0.222. The number of hydrogen-bond donors (Lipinski definition) is 3. The Bertz CT molecular complexity index is 627. The largest absolute Gasteiger partial charge is 0.340 e. The molecule has 0 bridgehead atoms. The summed E-state index contributed by atoms with van der Waals surface area (Å²) in [6.45, 7) is 0.128. The van der Waals surface area contributed by atoms with Gasteiger partial charge in [-0.3, -0.25) is 10.8 Å². The van der Waals surface area contributed by atoms with E-state index in [-0.39, 0.29) is 17.1 Å². The van der Waals surface area contributed by atoms with Gasteiger partial charge < -0.3 is 9.95 Å². The number of hydrogen-bond acceptors (Lipinski definition) is 8. The number of nitrogen functional groups attached to an aromatic ring is 1. The number of nitrogens with one attached hydrogen (secondary N) is 2. The number of pyridine rings is 1. The van der Waals surface area contributed by atoms with Crippen LogP contribution in [-0.4, -0.2) is 30.1 Å². The highest BCUT2D eigenvalue weighted by molar-refractivity contribution is 7.89. The van der Waals surface area contributed by atoms with Crippen LogP contribution >= 0.6 is 0 Å². The van der Waals surface area contributed by atoms with Crippen LogP contribution in [0.3, 0.4) is 0 Å². The highest BCUT2D eigenvalue weighted by atomic mass is 32.2. The summed E-state index contributed by atoms with van der Waals surface area (Å²) in [7, 11) is -3.70. The lowest BCUT2D eigenvalue weighted by Crippen LogP contribution is -2.27. The van der Waals surface area contributed by atoms with Gasteiger partial charge in [0, 0.05) is 25.4 Å². The van der Waals surface area contributed by atoms with Crippen molar-refractivity contribution in [2.24, 2.45) is 5.84 Å². The van der Waals surface area contributed by atoms with Crippen LogP contribution in [0.5, 0.6) is 0 Å². The number of rotatable bonds is 6. The molecule has 0 spiro atoms. The standard InChI is InChI=1S/C9H12N6O3S/c10-15-7-1-3-11-5-8(7)19(16,17)14-4-2-9-12-6-13-18-9/h1,3,5-6,14H,2,4,10H2,(H,11,15). The maximum Gasteiger partial charge on any atom is 0.244 e. The van der Waals surface area contributed by atoms with Crippen molar-refractivity contribution in [3.63, 3.8) is 0 Å². The number of nitrogens with zero attached hydrogens (tertiary/aromatic N) is 3. The first-order chi connectivity index (χ1) is 9.13. The van der Waals surface area contributed by atoms with Gasteiger partial charge in [0.05, 0.1) is 5.69 Å². The average molecular weight is 284 g/mol. The summed E-state index contributed by atoms with van der Waals surface area (Å²) in [5, 5.41) is 3.42. The van der Waals surface area contributed by atoms with E-state index in [2.05, 4.69) is 25.3 Å². The summed E-state index contributed by atoms with van der Waals surface area (Å²) in [6.07, 6.45) is 4.20. The molecule has 0 saturated heterocycles. The molecule has 0 radical (unpaired) electrons. The molecule has 0 amide bonds. The van der Waals surface area contributed by atoms with Gasteiger partial charge >= 0.3 is 0 Å². The van der Waals surface area contributed by atoms with Crippen LogP contribution in [0.15, 0.2) is 34.2 Å². The first-order valence-corrected chi connectivity index (χ1v) is 6.77. The van der Waals surface area contributed by atoms with Crippen LogP contribution in [0.25, 0.3) is 0 Å². The second-order valence-corrected chi connectivity index (χ2v) is 5.23. The first-order valence-electron chi connectivity index (χ1n) is 5.29. The summed E-state index contributed by atoms with van der Waals surface area (Å²) < 4.78 is 31.2. The lowest BCUT2D eigenvalue weighted by atomic mass is 10.4. The monoisotopic (exact) mass is 284 g/mol. The van der Waals surface area contributed by atoms with E-state index in [9.17, 15) is 8.42 Å². The van der Waals surface area contributed by atoms with Crippen molar-refractivity contribution in [3.05, 3.63) is 30.7 Å². The van der Waals surface area contributed by atoms with E-state index < -0.39 is 10.0 Å². The Labute approximate surface area is 109 Å². The van der Waals surface area contributed by atoms with Gasteiger partial charge in [-0.05, 0) is 6.07 Å². The minimum Gasteiger partial charge on any atom is -0.340 e. The van der Waals surface area contributed by atoms with Crippen LogP contribution in [0.1, 0.15) is 5.89 Å². The number of hydrazine groups is 1. The molecule has 2 aromatic rings. The van der Waals surface area contributed by atoms with E-state index in [0.29, 0.717) is 12.3 Å². The fourth-order valence-electron chi connectivity index (χ4n) is 1.39. The molecule has 2 aromatic heterocycles. The Morgan fingerprint density at radius 3 is 2.95 bits per heavy atom. The lowest BCUT2D eigenvalue weighted by Gasteiger charge is -2.09. The van der Waals surface area contributed by atoms with Crippen molar-refractivity contribution in [2.45, 2.75) is 11.3 Å². The third kappa shape index (κ3) is 3.24. The Morgan fingerprint density at radius 2 is 2.26 bits per heavy atom. The van der Waals surface area contributed by atoms with Crippen molar-refractivity contribution >= 4 is 15.7 Å². The summed E-state index contributed by atoms with van der Waals surface area (Å²) in [5.74, 6) is 5.60. The van der Waals surface area contributed by atoms with Gasteiger partial charge in [-0.2, -0.15) is 4.98 Å². The second kappa shape index (κ2) is 5.73. The van der Waals surface area contributed by atoms with Gasteiger partial charge in [-0.1, -0.05) is 5.16 Å². The van der Waals surface area contributed by atoms with Crippen molar-refractivity contribution < 1.29 is 12.9 Å². The fourth-order valence-corrected chi connectivity index (χ4v) is 2.53. The smallest absolute Gasteiger partial charge is 0.244 e. The summed E-state index contributed by atoms with van der Waals surface area (Å²) in [5.41, 5.74) is 2.57. The topological polar surface area (TPSA) is 136 Å². The number of sulfonamides is 1. The molecule has 4 N–H and O–H groups in total. The Kier molecular flexibility index (Phi) is 4.04. The van der Waals surface area contributed by atoms with Gasteiger partial charge in [0.1, 0.15) is 4.90 Å². The third-order valence-corrected chi connectivity index (χ3v) is 3.76. The summed E-state index contributed by atoms with van der Waals surface area (Å²) in [6, 6.07) is 1.46. The van der Waals surface area contributed by atoms with Crippen molar-refractivity contribution in [1.29, 1.82) is 0 Å². The number of nitrogens with two attached hydrogens (primary N) is 1. The third-order valence-electron chi connectivity index (χ3n) is 2.27. The quantitative estimate of drug-likeness (QED) is 0.466. The van der Waals surface area contributed by atoms with E-state index in [0.717, 1.165) is 0 Å². The molecular formula is C9H12N6O3S. The van der Waals surface area contributed by atoms with Gasteiger partial charge in [-0.25, -0.2) is 13.1 Å². The maximum absolute atomic E-state index is 12.0. The molecule has 0 aromatic carbocycles. The molecule has 0 atom stereocenters. The van der Waals surface area contributed by atoms with Gasteiger partial charge in [-0.15, -0.1) is 0 Å². The van der Waals surface area contributed by atoms with Crippen LogP contribution in [0, 0.1) is 0 Å². The normalized spacial score (nSPS) is 11.4. The molecule has 0 aliphatic heterocycles. The van der Waals surface area contributed by atoms with Crippen molar-refractivity contribution in [3.8, 4) is 0 Å². The van der Waals surface area contributed by atoms with E-state index in [4.69, 9.17) is 10.4 Å². The molecule has 0 aliphatic carbocycles. The lowest BCUT2D eigenvalue weighted by molar-refractivity contribution is 0.377. The van der Waals surface area contributed by atoms with E-state index in [1.54, 1.807) is 0 Å². The highest BCUT2D eigenvalue weighted by Crippen LogP contribution is 2.17. The minimum atomic E-state index is -3.70. The molecule has 0 aliphatic rings. The van der Waals surface area contributed by atoms with E-state index in [1.165, 1.54) is 24.8 Å². The molecule has 2 heterocycles. The summed E-state index contributed by atoms with van der Waals surface area (Å²) in [4.78, 5) is 7.52. The average Bonchev–Trinajstić information content (AvgIpc) is 2.91. The first kappa shape index (κ1) is 13.4. The molecule has 0 fully saturated rings. The number of anilines is 1. The summed E-state index contributed by atoms with van der Waals surface area (Å²) >= 11 is 0. The van der Waals surface area contributed by atoms with Crippen LogP contribution in [0.2, 0.25) is 0 Å². The molecule has 0 saturated carbocycles. The minimum absolute atomic E-state index is 0.0250. The van der Waals surface area contributed by atoms with Gasteiger partial charge in [0.25, 0.3) is 0 Å². The second-order valence-electron chi connectivity index (χ2n) is 3.50. The predicted molar refractivity (Wildman–Crippen MR) is 65.2 cm³/mol. The van der Waals surface area contributed by atoms with E-state index >= 15 is 0 Å². The van der Waals surface area contributed by atoms with Crippen molar-refractivity contribution in [2.75, 3.05) is 12.0 Å². The molecule has 2 rings (SSSR count). The highest BCUT2D eigenvalue weighted by Gasteiger charge is 2.18. The molecule has 19 heavy (non-hydrogen) atoms. The van der Waals surface area contributed by atoms with Crippen molar-refractivity contribution in [1.82, 2.24) is 19.8 Å². The van der Waals surface area contributed by atoms with Crippen LogP contribution < -0.4 is 16.0 Å². The Morgan fingerprint density at radius 1 is 1.42 bits per heavy atom. The molecular weight excluding hydrogens is 272 g/mol. The number of aromatic nitrogens is 3. The van der Waals surface area contributed by atoms with Gasteiger partial charge in [0.2, 0.25) is 15.9 Å². The van der Waals surface area contributed by atoms with Crippen LogP contribution in [0.4, 0.5) is 5.69 Å². The van der Waals surface area contributed by atoms with Crippen LogP contribution in [-0.2, 0) is 16.4 Å². The predicted octanol–water partition coefficient (Wildman–Crippen LogP) is -0.729. The van der Waals surface area contributed by atoms with Gasteiger partial charge in [0.15, 0.2) is 6.33 Å². The van der Waals surface area contributed by atoms with E-state index in [1.807, 2.05) is 0 Å². The zero-order valence-electron chi connectivity index (χ0n) is 9.78. The molecule has 10 heteroatoms. The zero-order valence-corrected chi connectivity index (χ0v) is 10.6. The zero-order chi connectivity index (χ0) is 13.7. The SMILES string of the molecule is NNc1ccncc1S(=O)(=O)NCCc1ncno1.